The van der Waals surface area contributed by atoms with Crippen molar-refractivity contribution >= 4 is 11.6 Å². The predicted molar refractivity (Wildman–Crippen MR) is 67.8 cm³/mol. The maximum Gasteiger partial charge on any atom is 0.137 e. The average Bonchev–Trinajstić information content (AvgIpc) is 2.27. The number of rotatable bonds is 5. The van der Waals surface area contributed by atoms with Crippen molar-refractivity contribution in [2.75, 3.05) is 13.2 Å². The smallest absolute Gasteiger partial charge is 0.137 e. The van der Waals surface area contributed by atoms with Gasteiger partial charge in [-0.3, -0.25) is 0 Å². The van der Waals surface area contributed by atoms with Crippen LogP contribution in [-0.4, -0.2) is 13.2 Å². The van der Waals surface area contributed by atoms with E-state index < -0.39 is 0 Å². The van der Waals surface area contributed by atoms with Gasteiger partial charge in [0, 0.05) is 6.42 Å². The molecule has 0 aliphatic heterocycles. The Morgan fingerprint density at radius 2 is 2.25 bits per heavy atom. The lowest BCUT2D eigenvalue weighted by Gasteiger charge is -2.07. The molecule has 0 spiro atoms. The largest absolute Gasteiger partial charge is 0.491 e. The lowest BCUT2D eigenvalue weighted by atomic mass is 10.1. The van der Waals surface area contributed by atoms with Crippen LogP contribution in [0.5, 0.6) is 5.75 Å². The Labute approximate surface area is 102 Å². The van der Waals surface area contributed by atoms with Crippen LogP contribution in [0.15, 0.2) is 18.2 Å². The van der Waals surface area contributed by atoms with Gasteiger partial charge in [-0.2, -0.15) is 0 Å². The van der Waals surface area contributed by atoms with Crippen LogP contribution in [0.25, 0.3) is 0 Å². The van der Waals surface area contributed by atoms with Crippen molar-refractivity contribution in [3.63, 3.8) is 0 Å². The second kappa shape index (κ2) is 7.16. The van der Waals surface area contributed by atoms with E-state index in [1.54, 1.807) is 0 Å². The molecule has 0 atom stereocenters. The molecule has 0 aromatic heterocycles. The van der Waals surface area contributed by atoms with Gasteiger partial charge >= 0.3 is 0 Å². The zero-order chi connectivity index (χ0) is 11.8. The minimum absolute atomic E-state index is 0.566. The molecule has 16 heavy (non-hydrogen) atoms. The molecule has 0 aliphatic rings. The van der Waals surface area contributed by atoms with Gasteiger partial charge in [0.1, 0.15) is 5.75 Å². The summed E-state index contributed by atoms with van der Waals surface area (Å²) < 4.78 is 5.51. The third kappa shape index (κ3) is 4.14. The summed E-state index contributed by atoms with van der Waals surface area (Å²) in [6.45, 7) is 3.01. The fourth-order valence-corrected chi connectivity index (χ4v) is 1.58. The molecule has 0 saturated heterocycles. The first kappa shape index (κ1) is 12.9. The van der Waals surface area contributed by atoms with E-state index in [0.717, 1.165) is 18.4 Å². The summed E-state index contributed by atoms with van der Waals surface area (Å²) in [5, 5.41) is 0.635. The number of nitrogens with two attached hydrogens (primary N) is 1. The van der Waals surface area contributed by atoms with Gasteiger partial charge in [-0.25, -0.2) is 0 Å². The standard InChI is InChI=1S/C13H16ClNO/c1-2-3-4-9-16-13-6-5-11(7-8-15)10-12(13)14/h5-6,10H,4,7-9,15H2,1H3. The van der Waals surface area contributed by atoms with Crippen molar-refractivity contribution in [3.8, 4) is 17.6 Å². The van der Waals surface area contributed by atoms with Gasteiger partial charge in [-0.15, -0.1) is 11.8 Å². The quantitative estimate of drug-likeness (QED) is 0.631. The molecule has 1 aromatic rings. The van der Waals surface area contributed by atoms with Crippen molar-refractivity contribution in [1.29, 1.82) is 0 Å². The van der Waals surface area contributed by atoms with Crippen LogP contribution in [0.1, 0.15) is 18.9 Å². The molecule has 0 fully saturated rings. The zero-order valence-electron chi connectivity index (χ0n) is 9.42. The number of hydrogen-bond donors (Lipinski definition) is 1. The van der Waals surface area contributed by atoms with Crippen molar-refractivity contribution in [2.45, 2.75) is 19.8 Å². The van der Waals surface area contributed by atoms with Gasteiger partial charge in [-0.1, -0.05) is 17.7 Å². The monoisotopic (exact) mass is 237 g/mol. The lowest BCUT2D eigenvalue weighted by molar-refractivity contribution is 0.327. The molecule has 0 bridgehead atoms. The number of halogens is 1. The van der Waals surface area contributed by atoms with Gasteiger partial charge < -0.3 is 10.5 Å². The Balaban J connectivity index is 2.56. The molecule has 3 heteroatoms. The van der Waals surface area contributed by atoms with E-state index in [4.69, 9.17) is 22.1 Å². The van der Waals surface area contributed by atoms with Crippen molar-refractivity contribution < 1.29 is 4.74 Å². The van der Waals surface area contributed by atoms with E-state index in [0.29, 0.717) is 23.9 Å². The van der Waals surface area contributed by atoms with Crippen LogP contribution < -0.4 is 10.5 Å². The summed E-state index contributed by atoms with van der Waals surface area (Å²) in [6, 6.07) is 5.77. The van der Waals surface area contributed by atoms with Crippen LogP contribution in [0.3, 0.4) is 0 Å². The summed E-state index contributed by atoms with van der Waals surface area (Å²) in [5.74, 6) is 6.46. The Bertz CT molecular complexity index is 393. The highest BCUT2D eigenvalue weighted by atomic mass is 35.5. The molecule has 0 unspecified atom stereocenters. The molecule has 0 radical (unpaired) electrons. The SMILES string of the molecule is CC#CCCOc1ccc(CCN)cc1Cl. The molecule has 1 rings (SSSR count). The van der Waals surface area contributed by atoms with E-state index >= 15 is 0 Å². The third-order valence-electron chi connectivity index (χ3n) is 2.09. The minimum atomic E-state index is 0.566. The molecule has 0 aliphatic carbocycles. The van der Waals surface area contributed by atoms with Crippen LogP contribution in [0.2, 0.25) is 5.02 Å². The maximum atomic E-state index is 6.08. The number of hydrogen-bond acceptors (Lipinski definition) is 2. The number of ether oxygens (including phenoxy) is 1. The second-order valence-corrected chi connectivity index (χ2v) is 3.74. The third-order valence-corrected chi connectivity index (χ3v) is 2.39. The van der Waals surface area contributed by atoms with Crippen LogP contribution >= 0.6 is 11.6 Å². The molecule has 0 saturated carbocycles. The Kier molecular flexibility index (Phi) is 5.77. The first-order valence-corrected chi connectivity index (χ1v) is 5.66. The Morgan fingerprint density at radius 1 is 1.44 bits per heavy atom. The molecular weight excluding hydrogens is 222 g/mol. The molecule has 2 N–H and O–H groups in total. The average molecular weight is 238 g/mol. The zero-order valence-corrected chi connectivity index (χ0v) is 10.2. The summed E-state index contributed by atoms with van der Waals surface area (Å²) in [6.07, 6.45) is 1.55. The molecule has 1 aromatic carbocycles. The summed E-state index contributed by atoms with van der Waals surface area (Å²) in [4.78, 5) is 0. The summed E-state index contributed by atoms with van der Waals surface area (Å²) in [5.41, 5.74) is 6.61. The van der Waals surface area contributed by atoms with Gasteiger partial charge in [-0.05, 0) is 37.6 Å². The van der Waals surface area contributed by atoms with Gasteiger partial charge in [0.05, 0.1) is 11.6 Å². The van der Waals surface area contributed by atoms with Crippen molar-refractivity contribution in [2.24, 2.45) is 5.73 Å². The maximum absolute atomic E-state index is 6.08. The first-order valence-electron chi connectivity index (χ1n) is 5.29. The summed E-state index contributed by atoms with van der Waals surface area (Å²) in [7, 11) is 0. The Morgan fingerprint density at radius 3 is 2.88 bits per heavy atom. The highest BCUT2D eigenvalue weighted by Gasteiger charge is 2.02. The molecular formula is C13H16ClNO. The van der Waals surface area contributed by atoms with E-state index in [2.05, 4.69) is 11.8 Å². The topological polar surface area (TPSA) is 35.2 Å². The lowest BCUT2D eigenvalue weighted by Crippen LogP contribution is -2.03. The molecule has 0 amide bonds. The normalized spacial score (nSPS) is 9.44. The molecule has 0 heterocycles. The highest BCUT2D eigenvalue weighted by molar-refractivity contribution is 6.32. The minimum Gasteiger partial charge on any atom is -0.491 e. The van der Waals surface area contributed by atoms with Crippen molar-refractivity contribution in [3.05, 3.63) is 28.8 Å². The van der Waals surface area contributed by atoms with E-state index in [-0.39, 0.29) is 0 Å². The van der Waals surface area contributed by atoms with E-state index in [9.17, 15) is 0 Å². The first-order chi connectivity index (χ1) is 7.77. The summed E-state index contributed by atoms with van der Waals surface area (Å²) >= 11 is 6.08. The van der Waals surface area contributed by atoms with Crippen LogP contribution in [0.4, 0.5) is 0 Å². The van der Waals surface area contributed by atoms with Crippen molar-refractivity contribution in [1.82, 2.24) is 0 Å². The van der Waals surface area contributed by atoms with Gasteiger partial charge in [0.25, 0.3) is 0 Å². The molecule has 86 valence electrons. The second-order valence-electron chi connectivity index (χ2n) is 3.33. The van der Waals surface area contributed by atoms with E-state index in [1.807, 2.05) is 25.1 Å². The van der Waals surface area contributed by atoms with Crippen LogP contribution in [-0.2, 0) is 6.42 Å². The van der Waals surface area contributed by atoms with Gasteiger partial charge in [0.15, 0.2) is 0 Å². The van der Waals surface area contributed by atoms with Gasteiger partial charge in [0.2, 0.25) is 0 Å². The van der Waals surface area contributed by atoms with E-state index in [1.165, 1.54) is 0 Å². The fourth-order valence-electron chi connectivity index (χ4n) is 1.32. The molecule has 2 nitrogen and oxygen atoms in total. The fraction of sp³-hybridized carbons (Fsp3) is 0.385. The predicted octanol–water partition coefficient (Wildman–Crippen LogP) is 2.63. The number of benzene rings is 1. The highest BCUT2D eigenvalue weighted by Crippen LogP contribution is 2.25. The van der Waals surface area contributed by atoms with Crippen LogP contribution in [0, 0.1) is 11.8 Å². The Hall–Kier alpha value is -1.17.